The largest absolute Gasteiger partial charge is 0.387 e. The Morgan fingerprint density at radius 1 is 1.26 bits per heavy atom. The summed E-state index contributed by atoms with van der Waals surface area (Å²) in [5, 5.41) is 19.4. The molecule has 1 aromatic heterocycles. The topological polar surface area (TPSA) is 67.2 Å². The highest BCUT2D eigenvalue weighted by Crippen LogP contribution is 2.20. The van der Waals surface area contributed by atoms with E-state index in [-0.39, 0.29) is 12.5 Å². The number of hydrogen-bond donors (Lipinski definition) is 2. The number of amides is 1. The van der Waals surface area contributed by atoms with Crippen molar-refractivity contribution >= 4 is 16.7 Å². The number of fused-ring (bicyclic) bond motifs is 1. The van der Waals surface area contributed by atoms with Crippen LogP contribution >= 0.6 is 0 Å². The van der Waals surface area contributed by atoms with Crippen molar-refractivity contribution < 1.29 is 9.90 Å². The maximum atomic E-state index is 12.2. The van der Waals surface area contributed by atoms with Crippen molar-refractivity contribution in [2.75, 3.05) is 6.54 Å². The summed E-state index contributed by atoms with van der Waals surface area (Å²) in [5.74, 6) is -0.226. The molecule has 5 heteroatoms. The second-order valence-corrected chi connectivity index (χ2v) is 5.63. The maximum Gasteiger partial charge on any atom is 0.254 e. The molecule has 0 saturated heterocycles. The van der Waals surface area contributed by atoms with E-state index in [1.54, 1.807) is 24.9 Å². The summed E-state index contributed by atoms with van der Waals surface area (Å²) in [5.41, 5.74) is 1.98. The quantitative estimate of drug-likeness (QED) is 0.777. The Balaban J connectivity index is 1.69. The number of nitrogens with one attached hydrogen (secondary N) is 1. The third kappa shape index (κ3) is 3.24. The van der Waals surface area contributed by atoms with Gasteiger partial charge in [-0.05, 0) is 29.3 Å². The van der Waals surface area contributed by atoms with Crippen molar-refractivity contribution in [2.45, 2.75) is 13.0 Å². The van der Waals surface area contributed by atoms with E-state index in [9.17, 15) is 9.90 Å². The number of carbonyl (C=O) groups excluding carboxylic acids is 1. The van der Waals surface area contributed by atoms with Crippen LogP contribution in [0.25, 0.3) is 10.8 Å². The lowest BCUT2D eigenvalue weighted by atomic mass is 10.0. The molecule has 1 heterocycles. The zero-order valence-corrected chi connectivity index (χ0v) is 13.2. The van der Waals surface area contributed by atoms with E-state index in [2.05, 4.69) is 10.4 Å². The van der Waals surface area contributed by atoms with E-state index in [0.717, 1.165) is 16.3 Å². The van der Waals surface area contributed by atoms with Gasteiger partial charge < -0.3 is 10.4 Å². The summed E-state index contributed by atoms with van der Waals surface area (Å²) >= 11 is 0. The Morgan fingerprint density at radius 2 is 2.00 bits per heavy atom. The van der Waals surface area contributed by atoms with Gasteiger partial charge in [0.15, 0.2) is 0 Å². The van der Waals surface area contributed by atoms with Gasteiger partial charge in [0.2, 0.25) is 0 Å². The van der Waals surface area contributed by atoms with E-state index in [1.807, 2.05) is 42.5 Å². The smallest absolute Gasteiger partial charge is 0.254 e. The first-order chi connectivity index (χ1) is 11.0. The predicted octanol–water partition coefficient (Wildman–Crippen LogP) is 2.35. The lowest BCUT2D eigenvalue weighted by Crippen LogP contribution is -2.28. The fourth-order valence-electron chi connectivity index (χ4n) is 2.64. The zero-order chi connectivity index (χ0) is 16.4. The fourth-order valence-corrected chi connectivity index (χ4v) is 2.64. The summed E-state index contributed by atoms with van der Waals surface area (Å²) in [6.45, 7) is 1.94. The third-order valence-electron chi connectivity index (χ3n) is 3.87. The SMILES string of the molecule is Cc1nn(C)cc1C(=O)NCC(O)c1ccc2ccccc2c1. The summed E-state index contributed by atoms with van der Waals surface area (Å²) in [6, 6.07) is 13.8. The molecule has 0 aliphatic heterocycles. The molecule has 0 saturated carbocycles. The van der Waals surface area contributed by atoms with Gasteiger partial charge in [-0.15, -0.1) is 0 Å². The van der Waals surface area contributed by atoms with Crippen LogP contribution in [-0.4, -0.2) is 27.3 Å². The molecule has 118 valence electrons. The van der Waals surface area contributed by atoms with Gasteiger partial charge in [-0.3, -0.25) is 9.48 Å². The number of nitrogens with zero attached hydrogens (tertiary/aromatic N) is 2. The average molecular weight is 309 g/mol. The molecular weight excluding hydrogens is 290 g/mol. The summed E-state index contributed by atoms with van der Waals surface area (Å²) in [6.07, 6.45) is 0.924. The van der Waals surface area contributed by atoms with Gasteiger partial charge in [-0.25, -0.2) is 0 Å². The Kier molecular flexibility index (Phi) is 4.12. The van der Waals surface area contributed by atoms with Gasteiger partial charge >= 0.3 is 0 Å². The Hall–Kier alpha value is -2.66. The molecule has 3 rings (SSSR count). The molecular formula is C18H19N3O2. The summed E-state index contributed by atoms with van der Waals surface area (Å²) in [7, 11) is 1.77. The van der Waals surface area contributed by atoms with Crippen molar-refractivity contribution in [1.82, 2.24) is 15.1 Å². The van der Waals surface area contributed by atoms with Crippen LogP contribution in [0.15, 0.2) is 48.7 Å². The molecule has 0 radical (unpaired) electrons. The van der Waals surface area contributed by atoms with Gasteiger partial charge in [-0.2, -0.15) is 5.10 Å². The number of carbonyl (C=O) groups is 1. The van der Waals surface area contributed by atoms with E-state index in [1.165, 1.54) is 0 Å². The van der Waals surface area contributed by atoms with Gasteiger partial charge in [0, 0.05) is 19.8 Å². The second-order valence-electron chi connectivity index (χ2n) is 5.63. The monoisotopic (exact) mass is 309 g/mol. The number of aryl methyl sites for hydroxylation is 2. The minimum Gasteiger partial charge on any atom is -0.387 e. The molecule has 2 aromatic carbocycles. The summed E-state index contributed by atoms with van der Waals surface area (Å²) < 4.78 is 1.60. The Morgan fingerprint density at radius 3 is 2.70 bits per heavy atom. The number of benzene rings is 2. The highest BCUT2D eigenvalue weighted by Gasteiger charge is 2.15. The van der Waals surface area contributed by atoms with Crippen LogP contribution in [0.3, 0.4) is 0 Å². The molecule has 1 atom stereocenters. The van der Waals surface area contributed by atoms with Crippen molar-refractivity contribution in [3.63, 3.8) is 0 Å². The van der Waals surface area contributed by atoms with Gasteiger partial charge in [0.1, 0.15) is 0 Å². The molecule has 0 aliphatic carbocycles. The lowest BCUT2D eigenvalue weighted by molar-refractivity contribution is 0.0915. The molecule has 2 N–H and O–H groups in total. The van der Waals surface area contributed by atoms with Crippen LogP contribution in [0.4, 0.5) is 0 Å². The standard InChI is InChI=1S/C18H19N3O2/c1-12-16(11-21(2)20-12)18(23)19-10-17(22)15-8-7-13-5-3-4-6-14(13)9-15/h3-9,11,17,22H,10H2,1-2H3,(H,19,23). The van der Waals surface area contributed by atoms with Crippen molar-refractivity contribution in [3.05, 3.63) is 65.5 Å². The minimum atomic E-state index is -0.750. The van der Waals surface area contributed by atoms with Crippen LogP contribution in [0.5, 0.6) is 0 Å². The van der Waals surface area contributed by atoms with Crippen LogP contribution < -0.4 is 5.32 Å². The number of aromatic nitrogens is 2. The van der Waals surface area contributed by atoms with Crippen molar-refractivity contribution in [2.24, 2.45) is 7.05 Å². The highest BCUT2D eigenvalue weighted by atomic mass is 16.3. The van der Waals surface area contributed by atoms with Crippen LogP contribution in [0.1, 0.15) is 27.7 Å². The molecule has 0 aliphatic rings. The van der Waals surface area contributed by atoms with Gasteiger partial charge in [0.25, 0.3) is 5.91 Å². The molecule has 23 heavy (non-hydrogen) atoms. The number of aliphatic hydroxyl groups excluding tert-OH is 1. The van der Waals surface area contributed by atoms with Crippen LogP contribution in [0, 0.1) is 6.92 Å². The fraction of sp³-hybridized carbons (Fsp3) is 0.222. The van der Waals surface area contributed by atoms with Crippen molar-refractivity contribution in [3.8, 4) is 0 Å². The van der Waals surface area contributed by atoms with Crippen LogP contribution in [0.2, 0.25) is 0 Å². The second kappa shape index (κ2) is 6.22. The Labute approximate surface area is 134 Å². The number of rotatable bonds is 4. The van der Waals surface area contributed by atoms with E-state index in [4.69, 9.17) is 0 Å². The molecule has 1 amide bonds. The zero-order valence-electron chi connectivity index (χ0n) is 13.2. The predicted molar refractivity (Wildman–Crippen MR) is 89.2 cm³/mol. The molecule has 0 bridgehead atoms. The summed E-state index contributed by atoms with van der Waals surface area (Å²) in [4.78, 5) is 12.2. The lowest BCUT2D eigenvalue weighted by Gasteiger charge is -2.13. The van der Waals surface area contributed by atoms with Crippen molar-refractivity contribution in [1.29, 1.82) is 0 Å². The minimum absolute atomic E-state index is 0.158. The molecule has 1 unspecified atom stereocenters. The first kappa shape index (κ1) is 15.2. The first-order valence-corrected chi connectivity index (χ1v) is 7.50. The third-order valence-corrected chi connectivity index (χ3v) is 3.87. The molecule has 0 fully saturated rings. The van der Waals surface area contributed by atoms with Gasteiger partial charge in [0.05, 0.1) is 17.4 Å². The average Bonchev–Trinajstić information content (AvgIpc) is 2.90. The maximum absolute atomic E-state index is 12.2. The van der Waals surface area contributed by atoms with Crippen LogP contribution in [-0.2, 0) is 7.05 Å². The first-order valence-electron chi connectivity index (χ1n) is 7.50. The number of hydrogen-bond acceptors (Lipinski definition) is 3. The normalized spacial score (nSPS) is 12.3. The van der Waals surface area contributed by atoms with Gasteiger partial charge in [-0.1, -0.05) is 36.4 Å². The Bertz CT molecular complexity index is 854. The number of aliphatic hydroxyl groups is 1. The molecule has 3 aromatic rings. The highest BCUT2D eigenvalue weighted by molar-refractivity contribution is 5.95. The molecule has 0 spiro atoms. The van der Waals surface area contributed by atoms with E-state index >= 15 is 0 Å². The molecule has 5 nitrogen and oxygen atoms in total. The van der Waals surface area contributed by atoms with E-state index < -0.39 is 6.10 Å². The van der Waals surface area contributed by atoms with E-state index in [0.29, 0.717) is 11.3 Å².